The summed E-state index contributed by atoms with van der Waals surface area (Å²) in [4.78, 5) is 24.1. The van der Waals surface area contributed by atoms with Gasteiger partial charge in [0.15, 0.2) is 0 Å². The fourth-order valence-electron chi connectivity index (χ4n) is 1.37. The highest BCUT2D eigenvalue weighted by Crippen LogP contribution is 2.27. The van der Waals surface area contributed by atoms with Crippen LogP contribution in [0.25, 0.3) is 0 Å². The van der Waals surface area contributed by atoms with Crippen molar-refractivity contribution in [2.45, 2.75) is 32.1 Å². The smallest absolute Gasteiger partial charge is 0.250 e. The van der Waals surface area contributed by atoms with Crippen LogP contribution in [0.2, 0.25) is 0 Å². The summed E-state index contributed by atoms with van der Waals surface area (Å²) >= 11 is 2.46. The van der Waals surface area contributed by atoms with Crippen LogP contribution < -0.4 is 0 Å². The molecule has 18 heavy (non-hydrogen) atoms. The fraction of sp³-hybridized carbons (Fsp3) is 0.429. The van der Waals surface area contributed by atoms with E-state index in [-0.39, 0.29) is 16.1 Å². The summed E-state index contributed by atoms with van der Waals surface area (Å²) in [6.07, 6.45) is 0.543. The van der Waals surface area contributed by atoms with Crippen LogP contribution in [0.1, 0.15) is 25.8 Å². The third kappa shape index (κ3) is 5.27. The molecule has 0 aromatic heterocycles. The molecule has 0 aliphatic rings. The summed E-state index contributed by atoms with van der Waals surface area (Å²) < 4.78 is 0.0506. The van der Waals surface area contributed by atoms with E-state index in [1.54, 1.807) is 0 Å². The van der Waals surface area contributed by atoms with Gasteiger partial charge in [-0.25, -0.2) is 0 Å². The lowest BCUT2D eigenvalue weighted by Gasteiger charge is -2.07. The van der Waals surface area contributed by atoms with Crippen molar-refractivity contribution in [3.8, 4) is 0 Å². The highest BCUT2D eigenvalue weighted by molar-refractivity contribution is 8.38. The van der Waals surface area contributed by atoms with Crippen molar-refractivity contribution >= 4 is 33.8 Å². The van der Waals surface area contributed by atoms with Gasteiger partial charge >= 0.3 is 0 Å². The average molecular weight is 282 g/mol. The van der Waals surface area contributed by atoms with E-state index in [0.717, 1.165) is 4.90 Å². The lowest BCUT2D eigenvalue weighted by atomic mass is 10.1. The maximum atomic E-state index is 11.7. The lowest BCUT2D eigenvalue weighted by Crippen LogP contribution is -2.12. The number of Topliss-reactive ketones (excluding diaryl/α,β-unsaturated/α-hetero) is 1. The first-order chi connectivity index (χ1) is 8.52. The van der Waals surface area contributed by atoms with Gasteiger partial charge in [-0.05, 0) is 30.8 Å². The molecule has 1 rings (SSSR count). The van der Waals surface area contributed by atoms with Crippen molar-refractivity contribution in [2.75, 3.05) is 5.75 Å². The van der Waals surface area contributed by atoms with Crippen molar-refractivity contribution in [3.05, 3.63) is 29.8 Å². The van der Waals surface area contributed by atoms with E-state index in [1.807, 2.05) is 45.0 Å². The highest BCUT2D eigenvalue weighted by Gasteiger charge is 2.14. The maximum Gasteiger partial charge on any atom is 0.250 e. The maximum absolute atomic E-state index is 11.7. The fourth-order valence-corrected chi connectivity index (χ4v) is 3.13. The summed E-state index contributed by atoms with van der Waals surface area (Å²) in [5, 5.41) is 0. The van der Waals surface area contributed by atoms with Crippen LogP contribution in [-0.4, -0.2) is 16.0 Å². The van der Waals surface area contributed by atoms with Gasteiger partial charge in [0.25, 0.3) is 4.45 Å². The van der Waals surface area contributed by atoms with E-state index in [4.69, 9.17) is 0 Å². The minimum Gasteiger partial charge on any atom is -0.299 e. The van der Waals surface area contributed by atoms with Crippen LogP contribution in [0.4, 0.5) is 4.79 Å². The van der Waals surface area contributed by atoms with Crippen LogP contribution in [0.3, 0.4) is 0 Å². The van der Waals surface area contributed by atoms with Gasteiger partial charge in [0, 0.05) is 23.0 Å². The monoisotopic (exact) mass is 282 g/mol. The highest BCUT2D eigenvalue weighted by atomic mass is 32.2. The van der Waals surface area contributed by atoms with E-state index < -0.39 is 0 Å². The molecule has 0 bridgehead atoms. The standard InChI is InChI=1S/C14H18O2S2/c1-4-13(15)11(3)9-17-14(16)18-12-7-5-10(2)6-8-12/h5-8,11H,4,9H2,1-3H3. The van der Waals surface area contributed by atoms with E-state index >= 15 is 0 Å². The molecule has 0 heterocycles. The molecule has 4 heteroatoms. The third-order valence-electron chi connectivity index (χ3n) is 2.57. The first kappa shape index (κ1) is 15.3. The molecular weight excluding hydrogens is 264 g/mol. The molecule has 0 radical (unpaired) electrons. The van der Waals surface area contributed by atoms with Gasteiger partial charge in [-0.1, -0.05) is 43.3 Å². The zero-order valence-electron chi connectivity index (χ0n) is 10.9. The van der Waals surface area contributed by atoms with Gasteiger partial charge in [-0.2, -0.15) is 0 Å². The summed E-state index contributed by atoms with van der Waals surface area (Å²) in [6, 6.07) is 7.87. The molecule has 1 unspecified atom stereocenters. The van der Waals surface area contributed by atoms with Crippen molar-refractivity contribution in [1.82, 2.24) is 0 Å². The van der Waals surface area contributed by atoms with E-state index in [2.05, 4.69) is 0 Å². The molecule has 0 fully saturated rings. The van der Waals surface area contributed by atoms with Crippen LogP contribution in [0.5, 0.6) is 0 Å². The number of aryl methyl sites for hydroxylation is 1. The van der Waals surface area contributed by atoms with Gasteiger partial charge < -0.3 is 0 Å². The normalized spacial score (nSPS) is 12.2. The van der Waals surface area contributed by atoms with Crippen LogP contribution in [0.15, 0.2) is 29.2 Å². The number of hydrogen-bond donors (Lipinski definition) is 0. The quantitative estimate of drug-likeness (QED) is 0.742. The molecule has 0 aliphatic heterocycles. The first-order valence-corrected chi connectivity index (χ1v) is 7.77. The third-order valence-corrected chi connectivity index (χ3v) is 4.75. The number of ketones is 1. The predicted molar refractivity (Wildman–Crippen MR) is 79.4 cm³/mol. The minimum atomic E-state index is -0.0393. The Morgan fingerprint density at radius 2 is 1.83 bits per heavy atom. The number of benzene rings is 1. The predicted octanol–water partition coefficient (Wildman–Crippen LogP) is 4.56. The van der Waals surface area contributed by atoms with Crippen LogP contribution in [-0.2, 0) is 4.79 Å². The lowest BCUT2D eigenvalue weighted by molar-refractivity contribution is -0.121. The topological polar surface area (TPSA) is 34.1 Å². The Balaban J connectivity index is 2.38. The molecule has 1 aromatic rings. The zero-order chi connectivity index (χ0) is 13.5. The number of thioether (sulfide) groups is 2. The van der Waals surface area contributed by atoms with Crippen LogP contribution >= 0.6 is 23.5 Å². The van der Waals surface area contributed by atoms with Gasteiger partial charge in [0.05, 0.1) is 0 Å². The molecule has 98 valence electrons. The Morgan fingerprint density at radius 1 is 1.22 bits per heavy atom. The van der Waals surface area contributed by atoms with Crippen molar-refractivity contribution in [2.24, 2.45) is 5.92 Å². The Hall–Kier alpha value is -0.740. The largest absolute Gasteiger partial charge is 0.299 e. The van der Waals surface area contributed by atoms with Crippen molar-refractivity contribution in [3.63, 3.8) is 0 Å². The molecule has 0 spiro atoms. The van der Waals surface area contributed by atoms with Crippen LogP contribution in [0, 0.1) is 12.8 Å². The summed E-state index contributed by atoms with van der Waals surface area (Å²) in [6.45, 7) is 5.75. The summed E-state index contributed by atoms with van der Waals surface area (Å²) in [5.41, 5.74) is 1.18. The summed E-state index contributed by atoms with van der Waals surface area (Å²) in [7, 11) is 0. The van der Waals surface area contributed by atoms with Crippen molar-refractivity contribution in [1.29, 1.82) is 0 Å². The molecule has 1 aromatic carbocycles. The summed E-state index contributed by atoms with van der Waals surface area (Å²) in [5.74, 6) is 0.753. The number of carbonyl (C=O) groups excluding carboxylic acids is 2. The molecule has 1 atom stereocenters. The second-order valence-corrected chi connectivity index (χ2v) is 6.49. The van der Waals surface area contributed by atoms with E-state index in [0.29, 0.717) is 12.2 Å². The Morgan fingerprint density at radius 3 is 2.39 bits per heavy atom. The molecule has 0 N–H and O–H groups in total. The average Bonchev–Trinajstić information content (AvgIpc) is 2.37. The van der Waals surface area contributed by atoms with Crippen molar-refractivity contribution < 1.29 is 9.59 Å². The molecule has 0 amide bonds. The Labute approximate surface area is 117 Å². The zero-order valence-corrected chi connectivity index (χ0v) is 12.6. The molecule has 0 saturated heterocycles. The second-order valence-electron chi connectivity index (χ2n) is 4.20. The number of rotatable bonds is 5. The van der Waals surface area contributed by atoms with E-state index in [1.165, 1.54) is 29.1 Å². The van der Waals surface area contributed by atoms with Gasteiger partial charge in [-0.3, -0.25) is 9.59 Å². The Kier molecular flexibility index (Phi) is 6.50. The van der Waals surface area contributed by atoms with Gasteiger partial charge in [0.2, 0.25) is 0 Å². The Bertz CT molecular complexity index is 412. The van der Waals surface area contributed by atoms with Gasteiger partial charge in [-0.15, -0.1) is 0 Å². The molecule has 2 nitrogen and oxygen atoms in total. The number of carbonyl (C=O) groups is 2. The minimum absolute atomic E-state index is 0.0393. The van der Waals surface area contributed by atoms with E-state index in [9.17, 15) is 9.59 Å². The van der Waals surface area contributed by atoms with Gasteiger partial charge in [0.1, 0.15) is 5.78 Å². The first-order valence-electron chi connectivity index (χ1n) is 5.97. The SMILES string of the molecule is CCC(=O)C(C)CSC(=O)Sc1ccc(C)cc1. The molecule has 0 aliphatic carbocycles. The molecular formula is C14H18O2S2. The second kappa shape index (κ2) is 7.64. The molecule has 0 saturated carbocycles. The number of hydrogen-bond acceptors (Lipinski definition) is 4.